The summed E-state index contributed by atoms with van der Waals surface area (Å²) in [6.45, 7) is 0.768. The highest BCUT2D eigenvalue weighted by Gasteiger charge is 2.25. The zero-order chi connectivity index (χ0) is 17.1. The fourth-order valence-electron chi connectivity index (χ4n) is 3.67. The molecular weight excluding hydrogens is 322 g/mol. The molecule has 0 amide bonds. The van der Waals surface area contributed by atoms with Gasteiger partial charge in [-0.1, -0.05) is 6.07 Å². The topological polar surface area (TPSA) is 69.9 Å². The number of nitrogens with zero attached hydrogens (tertiary/aromatic N) is 1. The lowest BCUT2D eigenvalue weighted by Crippen LogP contribution is -2.26. The molecule has 5 rings (SSSR count). The van der Waals surface area contributed by atoms with Crippen molar-refractivity contribution in [3.05, 3.63) is 46.2 Å². The molecule has 0 saturated heterocycles. The van der Waals surface area contributed by atoms with Gasteiger partial charge in [0.05, 0.1) is 18.2 Å². The zero-order valence-corrected chi connectivity index (χ0v) is 13.5. The first kappa shape index (κ1) is 14.2. The summed E-state index contributed by atoms with van der Waals surface area (Å²) in [6, 6.07) is 9.30. The molecule has 1 N–H and O–H groups in total. The summed E-state index contributed by atoms with van der Waals surface area (Å²) in [5.41, 5.74) is 2.69. The highest BCUT2D eigenvalue weighted by molar-refractivity contribution is 5.92. The number of benzene rings is 2. The van der Waals surface area contributed by atoms with Gasteiger partial charge < -0.3 is 23.9 Å². The van der Waals surface area contributed by atoms with Crippen LogP contribution in [0.5, 0.6) is 23.0 Å². The Morgan fingerprint density at radius 2 is 1.96 bits per heavy atom. The molecule has 3 aromatic rings. The number of aromatic hydroxyl groups is 1. The van der Waals surface area contributed by atoms with Crippen LogP contribution in [-0.4, -0.2) is 23.6 Å². The second kappa shape index (κ2) is 4.92. The zero-order valence-electron chi connectivity index (χ0n) is 13.5. The summed E-state index contributed by atoms with van der Waals surface area (Å²) >= 11 is 0. The van der Waals surface area contributed by atoms with Gasteiger partial charge in [0.15, 0.2) is 23.0 Å². The quantitative estimate of drug-likeness (QED) is 0.739. The second-order valence-corrected chi connectivity index (χ2v) is 6.18. The van der Waals surface area contributed by atoms with Crippen molar-refractivity contribution in [3.8, 4) is 34.3 Å². The van der Waals surface area contributed by atoms with Crippen LogP contribution in [0, 0.1) is 0 Å². The molecule has 0 fully saturated rings. The predicted octanol–water partition coefficient (Wildman–Crippen LogP) is 2.67. The molecule has 2 aliphatic rings. The third-order valence-electron chi connectivity index (χ3n) is 4.91. The fraction of sp³-hybridized carbons (Fsp3) is 0.211. The molecule has 0 aliphatic carbocycles. The van der Waals surface area contributed by atoms with Crippen LogP contribution in [0.3, 0.4) is 0 Å². The molecule has 3 heterocycles. The molecule has 126 valence electrons. The van der Waals surface area contributed by atoms with E-state index in [4.69, 9.17) is 14.2 Å². The Morgan fingerprint density at radius 3 is 2.76 bits per heavy atom. The van der Waals surface area contributed by atoms with Crippen LogP contribution >= 0.6 is 0 Å². The van der Waals surface area contributed by atoms with Gasteiger partial charge in [0.1, 0.15) is 0 Å². The maximum absolute atomic E-state index is 13.0. The largest absolute Gasteiger partial charge is 0.504 e. The average molecular weight is 337 g/mol. The van der Waals surface area contributed by atoms with Gasteiger partial charge in [-0.2, -0.15) is 0 Å². The lowest BCUT2D eigenvalue weighted by Gasteiger charge is -2.23. The van der Waals surface area contributed by atoms with Crippen LogP contribution in [0.1, 0.15) is 5.56 Å². The molecule has 6 heteroatoms. The van der Waals surface area contributed by atoms with Gasteiger partial charge in [0.25, 0.3) is 5.56 Å². The fourth-order valence-corrected chi connectivity index (χ4v) is 3.67. The summed E-state index contributed by atoms with van der Waals surface area (Å²) in [7, 11) is 1.47. The van der Waals surface area contributed by atoms with E-state index >= 15 is 0 Å². The van der Waals surface area contributed by atoms with E-state index in [0.29, 0.717) is 23.4 Å². The van der Waals surface area contributed by atoms with Crippen LogP contribution in [-0.2, 0) is 13.0 Å². The minimum absolute atomic E-state index is 0.114. The number of hydrogen-bond donors (Lipinski definition) is 1. The van der Waals surface area contributed by atoms with Crippen molar-refractivity contribution in [2.24, 2.45) is 0 Å². The molecule has 2 aliphatic heterocycles. The maximum Gasteiger partial charge on any atom is 0.262 e. The van der Waals surface area contributed by atoms with Gasteiger partial charge >= 0.3 is 0 Å². The van der Waals surface area contributed by atoms with E-state index in [1.165, 1.54) is 7.11 Å². The van der Waals surface area contributed by atoms with E-state index in [2.05, 4.69) is 0 Å². The Kier molecular flexibility index (Phi) is 2.80. The van der Waals surface area contributed by atoms with E-state index in [1.807, 2.05) is 18.2 Å². The van der Waals surface area contributed by atoms with Crippen LogP contribution in [0.4, 0.5) is 0 Å². The number of phenolic OH excluding ortho intramolecular Hbond substituents is 1. The molecule has 1 aromatic heterocycles. The Balaban J connectivity index is 1.82. The van der Waals surface area contributed by atoms with Crippen LogP contribution < -0.4 is 19.8 Å². The standard InChI is InChI=1S/C19H15NO5/c1-23-14-3-2-11-6-13-12-8-16-15(24-9-25-16)7-10(12)4-5-20(13)19(22)17(11)18(14)21/h2-3,6-8,21H,4-5,9H2,1H3. The summed E-state index contributed by atoms with van der Waals surface area (Å²) in [6.07, 6.45) is 0.717. The number of fused-ring (bicyclic) bond motifs is 5. The Morgan fingerprint density at radius 1 is 1.16 bits per heavy atom. The molecule has 0 bridgehead atoms. The smallest absolute Gasteiger partial charge is 0.262 e. The second-order valence-electron chi connectivity index (χ2n) is 6.18. The van der Waals surface area contributed by atoms with Crippen LogP contribution in [0.2, 0.25) is 0 Å². The highest BCUT2D eigenvalue weighted by atomic mass is 16.7. The van der Waals surface area contributed by atoms with Crippen molar-refractivity contribution in [1.29, 1.82) is 0 Å². The lowest BCUT2D eigenvalue weighted by atomic mass is 9.95. The van der Waals surface area contributed by atoms with Crippen molar-refractivity contribution >= 4 is 10.8 Å². The van der Waals surface area contributed by atoms with E-state index < -0.39 is 0 Å². The number of aryl methyl sites for hydroxylation is 1. The first-order valence-corrected chi connectivity index (χ1v) is 8.04. The molecule has 0 saturated carbocycles. The molecule has 6 nitrogen and oxygen atoms in total. The number of aromatic nitrogens is 1. The van der Waals surface area contributed by atoms with E-state index in [9.17, 15) is 9.90 Å². The first-order chi connectivity index (χ1) is 12.2. The van der Waals surface area contributed by atoms with Gasteiger partial charge in [-0.3, -0.25) is 4.79 Å². The van der Waals surface area contributed by atoms with Crippen molar-refractivity contribution in [2.75, 3.05) is 13.9 Å². The van der Waals surface area contributed by atoms with E-state index in [1.54, 1.807) is 16.7 Å². The van der Waals surface area contributed by atoms with Gasteiger partial charge in [0.2, 0.25) is 6.79 Å². The number of methoxy groups -OCH3 is 1. The summed E-state index contributed by atoms with van der Waals surface area (Å²) in [5.74, 6) is 1.62. The summed E-state index contributed by atoms with van der Waals surface area (Å²) in [4.78, 5) is 13.0. The van der Waals surface area contributed by atoms with E-state index in [0.717, 1.165) is 29.0 Å². The highest BCUT2D eigenvalue weighted by Crippen LogP contribution is 2.42. The first-order valence-electron chi connectivity index (χ1n) is 8.04. The van der Waals surface area contributed by atoms with Crippen LogP contribution in [0.25, 0.3) is 22.0 Å². The SMILES string of the molecule is COc1ccc2cc3n(c(=O)c2c1O)CCc1cc2c(cc1-3)OCO2. The number of hydrogen-bond acceptors (Lipinski definition) is 5. The average Bonchev–Trinajstić information content (AvgIpc) is 3.07. The molecule has 0 atom stereocenters. The maximum atomic E-state index is 13.0. The van der Waals surface area contributed by atoms with Crippen molar-refractivity contribution in [3.63, 3.8) is 0 Å². The van der Waals surface area contributed by atoms with Crippen molar-refractivity contribution < 1.29 is 19.3 Å². The van der Waals surface area contributed by atoms with Crippen molar-refractivity contribution in [2.45, 2.75) is 13.0 Å². The van der Waals surface area contributed by atoms with Gasteiger partial charge in [-0.15, -0.1) is 0 Å². The third-order valence-corrected chi connectivity index (χ3v) is 4.91. The Bertz CT molecular complexity index is 1100. The number of phenols is 1. The number of rotatable bonds is 1. The molecular formula is C19H15NO5. The van der Waals surface area contributed by atoms with Gasteiger partial charge in [-0.05, 0) is 41.6 Å². The monoisotopic (exact) mass is 337 g/mol. The molecule has 0 unspecified atom stereocenters. The van der Waals surface area contributed by atoms with Crippen LogP contribution in [0.15, 0.2) is 35.1 Å². The third kappa shape index (κ3) is 1.88. The molecule has 25 heavy (non-hydrogen) atoms. The summed E-state index contributed by atoms with van der Waals surface area (Å²) in [5, 5.41) is 11.3. The van der Waals surface area contributed by atoms with Crippen molar-refractivity contribution in [1.82, 2.24) is 4.57 Å². The Labute approximate surface area is 142 Å². The minimum atomic E-state index is -0.216. The van der Waals surface area contributed by atoms with E-state index in [-0.39, 0.29) is 23.5 Å². The Hall–Kier alpha value is -3.15. The van der Waals surface area contributed by atoms with Gasteiger partial charge in [-0.25, -0.2) is 0 Å². The van der Waals surface area contributed by atoms with Gasteiger partial charge in [0, 0.05) is 12.1 Å². The number of ether oxygens (including phenoxy) is 3. The normalized spacial score (nSPS) is 14.3. The number of pyridine rings is 1. The lowest BCUT2D eigenvalue weighted by molar-refractivity contribution is 0.174. The molecule has 2 aromatic carbocycles. The predicted molar refractivity (Wildman–Crippen MR) is 91.7 cm³/mol. The molecule has 0 radical (unpaired) electrons. The minimum Gasteiger partial charge on any atom is -0.504 e. The summed E-state index contributed by atoms with van der Waals surface area (Å²) < 4.78 is 17.8. The molecule has 0 spiro atoms.